The maximum absolute atomic E-state index is 12.1. The number of hydrogen-bond acceptors (Lipinski definition) is 1. The highest BCUT2D eigenvalue weighted by Gasteiger charge is 2.25. The first-order chi connectivity index (χ1) is 7.68. The number of hydrogen-bond donors (Lipinski definition) is 1. The fraction of sp³-hybridized carbons (Fsp3) is 0.462. The van der Waals surface area contributed by atoms with Gasteiger partial charge in [-0.3, -0.25) is 4.79 Å². The Bertz CT molecular complexity index is 391. The fourth-order valence-corrected chi connectivity index (χ4v) is 2.88. The lowest BCUT2D eigenvalue weighted by Crippen LogP contribution is -2.36. The average Bonchev–Trinajstić information content (AvgIpc) is 2.65. The van der Waals surface area contributed by atoms with E-state index >= 15 is 0 Å². The van der Waals surface area contributed by atoms with Gasteiger partial charge in [-0.05, 0) is 53.5 Å². The van der Waals surface area contributed by atoms with Gasteiger partial charge in [-0.15, -0.1) is 0 Å². The van der Waals surface area contributed by atoms with E-state index in [4.69, 9.17) is 0 Å². The molecule has 1 aromatic rings. The van der Waals surface area contributed by atoms with Gasteiger partial charge in [0.25, 0.3) is 5.91 Å². The van der Waals surface area contributed by atoms with Crippen LogP contribution in [0.1, 0.15) is 36.5 Å². The zero-order chi connectivity index (χ0) is 11.5. The van der Waals surface area contributed by atoms with Crippen LogP contribution in [0.25, 0.3) is 0 Å². The third-order valence-corrected chi connectivity index (χ3v) is 4.24. The highest BCUT2D eigenvalue weighted by molar-refractivity contribution is 14.1. The summed E-state index contributed by atoms with van der Waals surface area (Å²) in [4.78, 5) is 12.1. The van der Waals surface area contributed by atoms with Gasteiger partial charge in [0.15, 0.2) is 0 Å². The van der Waals surface area contributed by atoms with Crippen molar-refractivity contribution in [1.29, 1.82) is 0 Å². The van der Waals surface area contributed by atoms with Crippen LogP contribution >= 0.6 is 22.6 Å². The number of halogens is 1. The molecule has 1 fully saturated rings. The minimum atomic E-state index is 0.0729. The van der Waals surface area contributed by atoms with Gasteiger partial charge in [0.05, 0.1) is 5.56 Å². The number of carbonyl (C=O) groups excluding carboxylic acids is 1. The van der Waals surface area contributed by atoms with Crippen molar-refractivity contribution in [3.8, 4) is 0 Å². The zero-order valence-corrected chi connectivity index (χ0v) is 11.5. The zero-order valence-electron chi connectivity index (χ0n) is 9.37. The Labute approximate surface area is 110 Å². The maximum Gasteiger partial charge on any atom is 0.252 e. The van der Waals surface area contributed by atoms with Crippen molar-refractivity contribution in [2.75, 3.05) is 0 Å². The first kappa shape index (κ1) is 11.9. The van der Waals surface area contributed by atoms with Crippen LogP contribution in [0.3, 0.4) is 0 Å². The van der Waals surface area contributed by atoms with Crippen LogP contribution < -0.4 is 5.32 Å². The first-order valence-corrected chi connectivity index (χ1v) is 6.82. The van der Waals surface area contributed by atoms with E-state index in [1.165, 1.54) is 12.8 Å². The lowest BCUT2D eigenvalue weighted by atomic mass is 10.1. The molecule has 0 aliphatic heterocycles. The molecule has 0 radical (unpaired) electrons. The monoisotopic (exact) mass is 329 g/mol. The van der Waals surface area contributed by atoms with Crippen LogP contribution in [0.2, 0.25) is 0 Å². The summed E-state index contributed by atoms with van der Waals surface area (Å²) < 4.78 is 1.02. The van der Waals surface area contributed by atoms with Crippen LogP contribution in [-0.2, 0) is 0 Å². The second kappa shape index (κ2) is 5.17. The van der Waals surface area contributed by atoms with E-state index in [0.717, 1.165) is 15.6 Å². The van der Waals surface area contributed by atoms with Gasteiger partial charge in [-0.2, -0.15) is 0 Å². The van der Waals surface area contributed by atoms with Crippen molar-refractivity contribution < 1.29 is 4.79 Å². The average molecular weight is 329 g/mol. The van der Waals surface area contributed by atoms with Crippen LogP contribution in [0.5, 0.6) is 0 Å². The molecule has 1 aliphatic carbocycles. The number of nitrogens with one attached hydrogen (secondary N) is 1. The second-order valence-corrected chi connectivity index (χ2v) is 5.63. The molecule has 0 heterocycles. The van der Waals surface area contributed by atoms with E-state index < -0.39 is 0 Å². The Morgan fingerprint density at radius 2 is 2.12 bits per heavy atom. The van der Waals surface area contributed by atoms with Crippen molar-refractivity contribution in [2.45, 2.75) is 32.2 Å². The van der Waals surface area contributed by atoms with Gasteiger partial charge in [0, 0.05) is 9.61 Å². The highest BCUT2D eigenvalue weighted by atomic mass is 127. The Morgan fingerprint density at radius 1 is 1.38 bits per heavy atom. The van der Waals surface area contributed by atoms with Crippen molar-refractivity contribution >= 4 is 28.5 Å². The van der Waals surface area contributed by atoms with Crippen molar-refractivity contribution in [3.05, 3.63) is 33.4 Å². The van der Waals surface area contributed by atoms with Crippen LogP contribution in [-0.4, -0.2) is 11.9 Å². The van der Waals surface area contributed by atoms with Crippen molar-refractivity contribution in [2.24, 2.45) is 5.92 Å². The molecule has 1 aromatic carbocycles. The van der Waals surface area contributed by atoms with E-state index in [2.05, 4.69) is 34.8 Å². The van der Waals surface area contributed by atoms with Gasteiger partial charge in [-0.1, -0.05) is 25.5 Å². The smallest absolute Gasteiger partial charge is 0.252 e. The molecule has 86 valence electrons. The summed E-state index contributed by atoms with van der Waals surface area (Å²) in [5.41, 5.74) is 0.794. The molecule has 2 nitrogen and oxygen atoms in total. The van der Waals surface area contributed by atoms with Crippen molar-refractivity contribution in [1.82, 2.24) is 5.32 Å². The standard InChI is InChI=1S/C13H16INO/c1-9-5-4-8-12(9)15-13(16)10-6-2-3-7-11(10)14/h2-3,6-7,9,12H,4-5,8H2,1H3,(H,15,16). The molecule has 0 aromatic heterocycles. The number of rotatable bonds is 2. The molecule has 2 rings (SSSR count). The lowest BCUT2D eigenvalue weighted by molar-refractivity contribution is 0.0929. The number of carbonyl (C=O) groups is 1. The van der Waals surface area contributed by atoms with Crippen LogP contribution in [0.15, 0.2) is 24.3 Å². The summed E-state index contributed by atoms with van der Waals surface area (Å²) in [6.07, 6.45) is 3.59. The number of amides is 1. The molecule has 0 saturated heterocycles. The quantitative estimate of drug-likeness (QED) is 0.830. The van der Waals surface area contributed by atoms with Gasteiger partial charge in [-0.25, -0.2) is 0 Å². The molecule has 2 unspecified atom stereocenters. The molecule has 0 spiro atoms. The second-order valence-electron chi connectivity index (χ2n) is 4.47. The Kier molecular flexibility index (Phi) is 3.84. The predicted octanol–water partition coefficient (Wildman–Crippen LogP) is 3.21. The Morgan fingerprint density at radius 3 is 2.75 bits per heavy atom. The Hall–Kier alpha value is -0.580. The van der Waals surface area contributed by atoms with Gasteiger partial charge < -0.3 is 5.32 Å². The summed E-state index contributed by atoms with van der Waals surface area (Å²) in [6, 6.07) is 8.08. The molecule has 16 heavy (non-hydrogen) atoms. The van der Waals surface area contributed by atoms with E-state index in [9.17, 15) is 4.79 Å². The minimum Gasteiger partial charge on any atom is -0.349 e. The fourth-order valence-electron chi connectivity index (χ4n) is 2.25. The highest BCUT2D eigenvalue weighted by Crippen LogP contribution is 2.25. The van der Waals surface area contributed by atoms with Gasteiger partial charge >= 0.3 is 0 Å². The van der Waals surface area contributed by atoms with Crippen LogP contribution in [0.4, 0.5) is 0 Å². The third kappa shape index (κ3) is 2.56. The maximum atomic E-state index is 12.1. The van der Waals surface area contributed by atoms with E-state index in [1.807, 2.05) is 24.3 Å². The molecular weight excluding hydrogens is 313 g/mol. The first-order valence-electron chi connectivity index (χ1n) is 5.74. The van der Waals surface area contributed by atoms with E-state index in [1.54, 1.807) is 0 Å². The molecule has 0 bridgehead atoms. The largest absolute Gasteiger partial charge is 0.349 e. The van der Waals surface area contributed by atoms with E-state index in [-0.39, 0.29) is 5.91 Å². The normalized spacial score (nSPS) is 24.4. The van der Waals surface area contributed by atoms with E-state index in [0.29, 0.717) is 12.0 Å². The van der Waals surface area contributed by atoms with Gasteiger partial charge in [0.1, 0.15) is 0 Å². The number of benzene rings is 1. The predicted molar refractivity (Wildman–Crippen MR) is 73.4 cm³/mol. The molecule has 3 heteroatoms. The molecule has 1 amide bonds. The van der Waals surface area contributed by atoms with Gasteiger partial charge in [0.2, 0.25) is 0 Å². The molecule has 1 N–H and O–H groups in total. The minimum absolute atomic E-state index is 0.0729. The molecule has 2 atom stereocenters. The van der Waals surface area contributed by atoms with Crippen molar-refractivity contribution in [3.63, 3.8) is 0 Å². The SMILES string of the molecule is CC1CCCC1NC(=O)c1ccccc1I. The summed E-state index contributed by atoms with van der Waals surface area (Å²) in [7, 11) is 0. The molecule has 1 saturated carbocycles. The summed E-state index contributed by atoms with van der Waals surface area (Å²) in [6.45, 7) is 2.22. The summed E-state index contributed by atoms with van der Waals surface area (Å²) in [5.74, 6) is 0.689. The molecule has 1 aliphatic rings. The Balaban J connectivity index is 2.06. The molecular formula is C13H16INO. The lowest BCUT2D eigenvalue weighted by Gasteiger charge is -2.17. The summed E-state index contributed by atoms with van der Waals surface area (Å²) >= 11 is 2.21. The topological polar surface area (TPSA) is 29.1 Å². The summed E-state index contributed by atoms with van der Waals surface area (Å²) in [5, 5.41) is 3.14. The van der Waals surface area contributed by atoms with Crippen LogP contribution in [0, 0.1) is 9.49 Å². The third-order valence-electron chi connectivity index (χ3n) is 3.30.